The predicted molar refractivity (Wildman–Crippen MR) is 70.0 cm³/mol. The van der Waals surface area contributed by atoms with Crippen molar-refractivity contribution >= 4 is 17.5 Å². The van der Waals surface area contributed by atoms with E-state index >= 15 is 0 Å². The maximum absolute atomic E-state index is 12.7. The molecule has 1 rings (SSSR count). The van der Waals surface area contributed by atoms with E-state index in [1.54, 1.807) is 24.3 Å². The van der Waals surface area contributed by atoms with Gasteiger partial charge < -0.3 is 4.74 Å². The average Bonchev–Trinajstić information content (AvgIpc) is 2.42. The van der Waals surface area contributed by atoms with Crippen molar-refractivity contribution in [2.45, 2.75) is 18.5 Å². The highest BCUT2D eigenvalue weighted by Crippen LogP contribution is 2.36. The summed E-state index contributed by atoms with van der Waals surface area (Å²) in [6.45, 7) is 0. The fourth-order valence-electron chi connectivity index (χ4n) is 1.40. The van der Waals surface area contributed by atoms with Crippen LogP contribution in [0.4, 0.5) is 22.0 Å². The van der Waals surface area contributed by atoms with Gasteiger partial charge in [-0.05, 0) is 29.9 Å². The lowest BCUT2D eigenvalue weighted by Crippen LogP contribution is -2.45. The minimum atomic E-state index is -5.83. The Kier molecular flexibility index (Phi) is 6.00. The number of alkyl halides is 5. The summed E-state index contributed by atoms with van der Waals surface area (Å²) in [6, 6.07) is 6.93. The van der Waals surface area contributed by atoms with Crippen molar-refractivity contribution in [1.82, 2.24) is 0 Å². The Labute approximate surface area is 122 Å². The minimum Gasteiger partial charge on any atom is -0.497 e. The number of hydrogen-bond donors (Lipinski definition) is 0. The second-order valence-corrected chi connectivity index (χ2v) is 5.25. The lowest BCUT2D eigenvalue weighted by Gasteiger charge is -2.17. The number of ether oxygens (including phenoxy) is 1. The Balaban J connectivity index is 2.38. The zero-order chi connectivity index (χ0) is 16.1. The molecule has 0 unspecified atom stereocenters. The fraction of sp³-hybridized carbons (Fsp3) is 0.462. The molecule has 0 bridgehead atoms. The summed E-state index contributed by atoms with van der Waals surface area (Å²) in [5, 5.41) is 0. The van der Waals surface area contributed by atoms with Crippen LogP contribution in [-0.4, -0.2) is 36.5 Å². The van der Waals surface area contributed by atoms with Crippen LogP contribution in [0.3, 0.4) is 0 Å². The van der Waals surface area contributed by atoms with Gasteiger partial charge in [-0.25, -0.2) is 0 Å². The van der Waals surface area contributed by atoms with E-state index in [-0.39, 0.29) is 5.75 Å². The van der Waals surface area contributed by atoms with Crippen LogP contribution in [0.5, 0.6) is 5.75 Å². The maximum atomic E-state index is 12.7. The Morgan fingerprint density at radius 2 is 1.71 bits per heavy atom. The van der Waals surface area contributed by atoms with Crippen LogP contribution in [0.1, 0.15) is 5.56 Å². The smallest absolute Gasteiger partial charge is 0.461 e. The summed E-state index contributed by atoms with van der Waals surface area (Å²) in [5.74, 6) is -7.34. The number of rotatable bonds is 7. The monoisotopic (exact) mass is 328 g/mol. The molecule has 0 heterocycles. The Hall–Kier alpha value is -1.31. The minimum absolute atomic E-state index is 0.270. The number of thioether (sulfide) groups is 1. The van der Waals surface area contributed by atoms with Crippen LogP contribution in [-0.2, 0) is 11.2 Å². The number of ketones is 1. The number of carbonyl (C=O) groups is 1. The topological polar surface area (TPSA) is 26.3 Å². The van der Waals surface area contributed by atoms with E-state index < -0.39 is 23.6 Å². The molecule has 0 saturated heterocycles. The second kappa shape index (κ2) is 7.11. The number of aryl methyl sites for hydroxylation is 1. The van der Waals surface area contributed by atoms with Gasteiger partial charge in [0.1, 0.15) is 5.75 Å². The third-order valence-corrected chi connectivity index (χ3v) is 3.59. The quantitative estimate of drug-likeness (QED) is 0.563. The molecule has 2 nitrogen and oxygen atoms in total. The van der Waals surface area contributed by atoms with Gasteiger partial charge in [-0.3, -0.25) is 4.79 Å². The lowest BCUT2D eigenvalue weighted by atomic mass is 10.2. The van der Waals surface area contributed by atoms with Gasteiger partial charge in [0.15, 0.2) is 0 Å². The first kappa shape index (κ1) is 17.7. The molecule has 1 aromatic carbocycles. The molecule has 0 fully saturated rings. The van der Waals surface area contributed by atoms with Crippen LogP contribution < -0.4 is 4.74 Å². The Morgan fingerprint density at radius 3 is 2.19 bits per heavy atom. The van der Waals surface area contributed by atoms with E-state index in [9.17, 15) is 26.7 Å². The third kappa shape index (κ3) is 4.87. The lowest BCUT2D eigenvalue weighted by molar-refractivity contribution is -0.267. The molecule has 0 spiro atoms. The molecule has 0 saturated carbocycles. The molecule has 0 amide bonds. The van der Waals surface area contributed by atoms with Crippen molar-refractivity contribution < 1.29 is 31.5 Å². The molecule has 0 aliphatic heterocycles. The van der Waals surface area contributed by atoms with Crippen molar-refractivity contribution in [2.24, 2.45) is 0 Å². The molecule has 21 heavy (non-hydrogen) atoms. The van der Waals surface area contributed by atoms with Gasteiger partial charge in [-0.1, -0.05) is 12.1 Å². The van der Waals surface area contributed by atoms with Gasteiger partial charge >= 0.3 is 12.1 Å². The first-order valence-electron chi connectivity index (χ1n) is 5.87. The highest BCUT2D eigenvalue weighted by molar-refractivity contribution is 7.99. The summed E-state index contributed by atoms with van der Waals surface area (Å²) in [4.78, 5) is 10.9. The molecule has 8 heteroatoms. The number of hydrogen-bond acceptors (Lipinski definition) is 3. The molecule has 1 aromatic rings. The van der Waals surface area contributed by atoms with Gasteiger partial charge in [-0.2, -0.15) is 33.7 Å². The van der Waals surface area contributed by atoms with Crippen molar-refractivity contribution in [2.75, 3.05) is 18.6 Å². The molecule has 0 aliphatic carbocycles. The van der Waals surface area contributed by atoms with Crippen molar-refractivity contribution in [3.8, 4) is 5.75 Å². The molecule has 0 atom stereocenters. The van der Waals surface area contributed by atoms with E-state index in [0.717, 1.165) is 17.3 Å². The first-order valence-corrected chi connectivity index (χ1v) is 7.02. The standard InChI is InChI=1S/C13H13F5O2S/c1-20-10-4-2-9(3-5-10)6-7-21-8-11(19)12(14,15)13(16,17)18/h2-5H,6-8H2,1H3. The van der Waals surface area contributed by atoms with E-state index in [4.69, 9.17) is 4.74 Å². The second-order valence-electron chi connectivity index (χ2n) is 4.15. The molecular weight excluding hydrogens is 315 g/mol. The summed E-state index contributed by atoms with van der Waals surface area (Å²) in [6.07, 6.45) is -5.37. The van der Waals surface area contributed by atoms with Crippen molar-refractivity contribution in [3.63, 3.8) is 0 Å². The van der Waals surface area contributed by atoms with Crippen molar-refractivity contribution in [3.05, 3.63) is 29.8 Å². The van der Waals surface area contributed by atoms with E-state index in [2.05, 4.69) is 0 Å². The number of carbonyl (C=O) groups excluding carboxylic acids is 1. The third-order valence-electron chi connectivity index (χ3n) is 2.63. The number of halogens is 5. The number of benzene rings is 1. The molecule has 0 aromatic heterocycles. The van der Waals surface area contributed by atoms with Gasteiger partial charge in [0.05, 0.1) is 12.9 Å². The SMILES string of the molecule is COc1ccc(CCSCC(=O)C(F)(F)C(F)(F)F)cc1. The van der Waals surface area contributed by atoms with Crippen LogP contribution in [0.2, 0.25) is 0 Å². The van der Waals surface area contributed by atoms with E-state index in [1.165, 1.54) is 7.11 Å². The van der Waals surface area contributed by atoms with Gasteiger partial charge in [0.25, 0.3) is 0 Å². The van der Waals surface area contributed by atoms with Gasteiger partial charge in [0, 0.05) is 0 Å². The van der Waals surface area contributed by atoms with Crippen LogP contribution in [0.15, 0.2) is 24.3 Å². The van der Waals surface area contributed by atoms with E-state index in [0.29, 0.717) is 12.2 Å². The normalized spacial score (nSPS) is 12.3. The predicted octanol–water partition coefficient (Wildman–Crippen LogP) is 3.74. The number of Topliss-reactive ketones (excluding diaryl/α,β-unsaturated/α-hetero) is 1. The Morgan fingerprint density at radius 1 is 1.14 bits per heavy atom. The summed E-state index contributed by atoms with van der Waals surface area (Å²) in [5.41, 5.74) is 0.873. The van der Waals surface area contributed by atoms with Gasteiger partial charge in [-0.15, -0.1) is 0 Å². The van der Waals surface area contributed by atoms with Gasteiger partial charge in [0.2, 0.25) is 5.78 Å². The van der Waals surface area contributed by atoms with E-state index in [1.807, 2.05) is 0 Å². The zero-order valence-corrected chi connectivity index (χ0v) is 11.9. The van der Waals surface area contributed by atoms with Crippen LogP contribution in [0.25, 0.3) is 0 Å². The fourth-order valence-corrected chi connectivity index (χ4v) is 2.29. The summed E-state index contributed by atoms with van der Waals surface area (Å²) >= 11 is 0.748. The van der Waals surface area contributed by atoms with Crippen LogP contribution >= 0.6 is 11.8 Å². The van der Waals surface area contributed by atoms with Crippen LogP contribution in [0, 0.1) is 0 Å². The molecular formula is C13H13F5O2S. The Bertz CT molecular complexity index is 470. The maximum Gasteiger partial charge on any atom is 0.461 e. The summed E-state index contributed by atoms with van der Waals surface area (Å²) < 4.78 is 66.1. The highest BCUT2D eigenvalue weighted by Gasteiger charge is 2.62. The largest absolute Gasteiger partial charge is 0.497 e. The molecule has 0 aliphatic rings. The first-order chi connectivity index (χ1) is 9.68. The molecule has 0 N–H and O–H groups in total. The molecule has 0 radical (unpaired) electrons. The number of methoxy groups -OCH3 is 1. The zero-order valence-electron chi connectivity index (χ0n) is 11.0. The van der Waals surface area contributed by atoms with Crippen molar-refractivity contribution in [1.29, 1.82) is 0 Å². The average molecular weight is 328 g/mol. The summed E-state index contributed by atoms with van der Waals surface area (Å²) in [7, 11) is 1.51. The molecule has 118 valence electrons. The highest BCUT2D eigenvalue weighted by atomic mass is 32.2.